The highest BCUT2D eigenvalue weighted by atomic mass is 16.5. The van der Waals surface area contributed by atoms with E-state index in [9.17, 15) is 0 Å². The van der Waals surface area contributed by atoms with E-state index in [0.717, 1.165) is 37.6 Å². The van der Waals surface area contributed by atoms with Crippen LogP contribution in [0.3, 0.4) is 0 Å². The first-order chi connectivity index (χ1) is 7.25. The van der Waals surface area contributed by atoms with E-state index in [0.29, 0.717) is 11.6 Å². The van der Waals surface area contributed by atoms with Crippen LogP contribution in [0.1, 0.15) is 12.0 Å². The predicted octanol–water partition coefficient (Wildman–Crippen LogP) is 1.42. The Morgan fingerprint density at radius 1 is 1.67 bits per heavy atom. The second-order valence-corrected chi connectivity index (χ2v) is 4.04. The summed E-state index contributed by atoms with van der Waals surface area (Å²) in [6.45, 7) is 4.69. The number of ether oxygens (including phenoxy) is 1. The van der Waals surface area contributed by atoms with Gasteiger partial charge in [0.2, 0.25) is 0 Å². The molecule has 0 aliphatic carbocycles. The number of pyridine rings is 1. The van der Waals surface area contributed by atoms with Crippen LogP contribution >= 0.6 is 0 Å². The fourth-order valence-electron chi connectivity index (χ4n) is 1.77. The fourth-order valence-corrected chi connectivity index (χ4v) is 1.77. The largest absolute Gasteiger partial charge is 0.397 e. The number of anilines is 2. The molecule has 2 rings (SSSR count). The van der Waals surface area contributed by atoms with E-state index in [1.807, 2.05) is 13.0 Å². The van der Waals surface area contributed by atoms with Crippen molar-refractivity contribution in [2.45, 2.75) is 13.3 Å². The van der Waals surface area contributed by atoms with Crippen LogP contribution in [0.15, 0.2) is 12.3 Å². The van der Waals surface area contributed by atoms with Gasteiger partial charge in [-0.3, -0.25) is 0 Å². The number of nitrogen functional groups attached to an aromatic ring is 1. The van der Waals surface area contributed by atoms with Crippen LogP contribution in [0.2, 0.25) is 0 Å². The molecule has 1 atom stereocenters. The molecule has 15 heavy (non-hydrogen) atoms. The smallest absolute Gasteiger partial charge is 0.129 e. The Labute approximate surface area is 89.8 Å². The molecule has 82 valence electrons. The summed E-state index contributed by atoms with van der Waals surface area (Å²) in [5.41, 5.74) is 7.44. The molecule has 1 aromatic rings. The minimum absolute atomic E-state index is 0.615. The molecule has 1 aliphatic heterocycles. The van der Waals surface area contributed by atoms with E-state index in [-0.39, 0.29) is 0 Å². The lowest BCUT2D eigenvalue weighted by Gasteiger charge is -2.12. The van der Waals surface area contributed by atoms with Gasteiger partial charge in [0.25, 0.3) is 0 Å². The van der Waals surface area contributed by atoms with Gasteiger partial charge < -0.3 is 15.8 Å². The molecule has 1 saturated heterocycles. The summed E-state index contributed by atoms with van der Waals surface area (Å²) in [4.78, 5) is 4.26. The Bertz CT molecular complexity index is 335. The Balaban J connectivity index is 1.92. The molecule has 1 unspecified atom stereocenters. The molecule has 0 aromatic carbocycles. The highest BCUT2D eigenvalue weighted by Crippen LogP contribution is 2.17. The Hall–Kier alpha value is -1.29. The molecule has 0 radical (unpaired) electrons. The topological polar surface area (TPSA) is 60.2 Å². The minimum Gasteiger partial charge on any atom is -0.397 e. The molecule has 4 nitrogen and oxygen atoms in total. The van der Waals surface area contributed by atoms with Crippen molar-refractivity contribution in [2.75, 3.05) is 30.8 Å². The highest BCUT2D eigenvalue weighted by Gasteiger charge is 2.15. The van der Waals surface area contributed by atoms with Crippen molar-refractivity contribution in [1.82, 2.24) is 4.98 Å². The lowest BCUT2D eigenvalue weighted by molar-refractivity contribution is 0.187. The van der Waals surface area contributed by atoms with Crippen LogP contribution in [0.25, 0.3) is 0 Å². The maximum Gasteiger partial charge on any atom is 0.129 e. The van der Waals surface area contributed by atoms with Gasteiger partial charge in [-0.2, -0.15) is 0 Å². The van der Waals surface area contributed by atoms with Gasteiger partial charge in [0.15, 0.2) is 0 Å². The van der Waals surface area contributed by atoms with Gasteiger partial charge >= 0.3 is 0 Å². The second-order valence-electron chi connectivity index (χ2n) is 4.04. The van der Waals surface area contributed by atoms with E-state index in [2.05, 4.69) is 10.3 Å². The Morgan fingerprint density at radius 2 is 2.53 bits per heavy atom. The minimum atomic E-state index is 0.615. The number of nitrogens with two attached hydrogens (primary N) is 1. The zero-order valence-corrected chi connectivity index (χ0v) is 8.99. The van der Waals surface area contributed by atoms with Crippen LogP contribution in [0, 0.1) is 12.8 Å². The summed E-state index contributed by atoms with van der Waals surface area (Å²) in [5, 5.41) is 3.34. The SMILES string of the molecule is Cc1cc(N)cnc1NCC1CCOC1. The van der Waals surface area contributed by atoms with Crippen molar-refractivity contribution in [1.29, 1.82) is 0 Å². The van der Waals surface area contributed by atoms with Gasteiger partial charge in [-0.05, 0) is 25.0 Å². The summed E-state index contributed by atoms with van der Waals surface area (Å²) in [7, 11) is 0. The molecule has 1 aromatic heterocycles. The highest BCUT2D eigenvalue weighted by molar-refractivity contribution is 5.50. The maximum atomic E-state index is 5.64. The Kier molecular flexibility index (Phi) is 3.06. The lowest BCUT2D eigenvalue weighted by atomic mass is 10.1. The number of aromatic nitrogens is 1. The fraction of sp³-hybridized carbons (Fsp3) is 0.545. The van der Waals surface area contributed by atoms with Crippen molar-refractivity contribution in [2.24, 2.45) is 5.92 Å². The molecule has 0 spiro atoms. The summed E-state index contributed by atoms with van der Waals surface area (Å²) in [6, 6.07) is 1.93. The molecule has 0 amide bonds. The van der Waals surface area contributed by atoms with Gasteiger partial charge in [0.05, 0.1) is 18.5 Å². The quantitative estimate of drug-likeness (QED) is 0.787. The molecule has 0 bridgehead atoms. The normalized spacial score (nSPS) is 20.5. The number of aryl methyl sites for hydroxylation is 1. The van der Waals surface area contributed by atoms with Crippen molar-refractivity contribution >= 4 is 11.5 Å². The second kappa shape index (κ2) is 4.49. The van der Waals surface area contributed by atoms with Gasteiger partial charge in [0.1, 0.15) is 5.82 Å². The van der Waals surface area contributed by atoms with Crippen molar-refractivity contribution in [3.63, 3.8) is 0 Å². The number of nitrogens with one attached hydrogen (secondary N) is 1. The average molecular weight is 207 g/mol. The van der Waals surface area contributed by atoms with Crippen LogP contribution in [0.4, 0.5) is 11.5 Å². The number of hydrogen-bond acceptors (Lipinski definition) is 4. The zero-order chi connectivity index (χ0) is 10.7. The summed E-state index contributed by atoms with van der Waals surface area (Å²) in [6.07, 6.45) is 2.82. The van der Waals surface area contributed by atoms with Crippen molar-refractivity contribution in [3.05, 3.63) is 17.8 Å². The van der Waals surface area contributed by atoms with Crippen LogP contribution < -0.4 is 11.1 Å². The third-order valence-corrected chi connectivity index (χ3v) is 2.68. The van der Waals surface area contributed by atoms with Crippen molar-refractivity contribution in [3.8, 4) is 0 Å². The van der Waals surface area contributed by atoms with Gasteiger partial charge in [0, 0.05) is 19.1 Å². The van der Waals surface area contributed by atoms with Crippen LogP contribution in [-0.4, -0.2) is 24.7 Å². The molecule has 3 N–H and O–H groups in total. The molecule has 1 aliphatic rings. The van der Waals surface area contributed by atoms with E-state index < -0.39 is 0 Å². The van der Waals surface area contributed by atoms with Crippen molar-refractivity contribution < 1.29 is 4.74 Å². The number of rotatable bonds is 3. The number of nitrogens with zero attached hydrogens (tertiary/aromatic N) is 1. The molecule has 2 heterocycles. The third-order valence-electron chi connectivity index (χ3n) is 2.68. The zero-order valence-electron chi connectivity index (χ0n) is 8.99. The third kappa shape index (κ3) is 2.59. The molecular formula is C11H17N3O. The van der Waals surface area contributed by atoms with E-state index in [1.54, 1.807) is 6.20 Å². The van der Waals surface area contributed by atoms with E-state index >= 15 is 0 Å². The van der Waals surface area contributed by atoms with E-state index in [4.69, 9.17) is 10.5 Å². The first kappa shape index (κ1) is 10.2. The number of hydrogen-bond donors (Lipinski definition) is 2. The predicted molar refractivity (Wildman–Crippen MR) is 60.8 cm³/mol. The van der Waals surface area contributed by atoms with Gasteiger partial charge in [-0.1, -0.05) is 0 Å². The summed E-state index contributed by atoms with van der Waals surface area (Å²) >= 11 is 0. The van der Waals surface area contributed by atoms with Gasteiger partial charge in [-0.25, -0.2) is 4.98 Å². The summed E-state index contributed by atoms with van der Waals surface area (Å²) < 4.78 is 5.31. The summed E-state index contributed by atoms with van der Waals surface area (Å²) in [5.74, 6) is 1.54. The molecule has 1 fully saturated rings. The monoisotopic (exact) mass is 207 g/mol. The van der Waals surface area contributed by atoms with Gasteiger partial charge in [-0.15, -0.1) is 0 Å². The first-order valence-corrected chi connectivity index (χ1v) is 5.29. The molecule has 4 heteroatoms. The average Bonchev–Trinajstić information content (AvgIpc) is 2.69. The Morgan fingerprint density at radius 3 is 3.20 bits per heavy atom. The van der Waals surface area contributed by atoms with Crippen LogP contribution in [-0.2, 0) is 4.74 Å². The van der Waals surface area contributed by atoms with Crippen LogP contribution in [0.5, 0.6) is 0 Å². The maximum absolute atomic E-state index is 5.64. The van der Waals surface area contributed by atoms with E-state index in [1.165, 1.54) is 0 Å². The first-order valence-electron chi connectivity index (χ1n) is 5.29. The molecular weight excluding hydrogens is 190 g/mol. The molecule has 0 saturated carbocycles. The lowest BCUT2D eigenvalue weighted by Crippen LogP contribution is -2.15. The standard InChI is InChI=1S/C11H17N3O/c1-8-4-10(12)6-14-11(8)13-5-9-2-3-15-7-9/h4,6,9H,2-3,5,7,12H2,1H3,(H,13,14).